The van der Waals surface area contributed by atoms with E-state index < -0.39 is 23.1 Å². The highest BCUT2D eigenvalue weighted by molar-refractivity contribution is 5.94. The fourth-order valence-corrected chi connectivity index (χ4v) is 6.30. The third kappa shape index (κ3) is 2.72. The number of hydrogen-bond acceptors (Lipinski definition) is 7. The zero-order chi connectivity index (χ0) is 22.1. The molecule has 30 heavy (non-hydrogen) atoms. The summed E-state index contributed by atoms with van der Waals surface area (Å²) < 4.78 is 5.64. The maximum absolute atomic E-state index is 12.8. The first kappa shape index (κ1) is 21.2. The zero-order valence-corrected chi connectivity index (χ0v) is 17.6. The molecular formula is C23H30O7. The van der Waals surface area contributed by atoms with Crippen molar-refractivity contribution < 1.29 is 35.1 Å². The number of aromatic hydroxyl groups is 2. The number of fused-ring (bicyclic) bond motifs is 3. The van der Waals surface area contributed by atoms with Crippen LogP contribution in [0.3, 0.4) is 0 Å². The van der Waals surface area contributed by atoms with Crippen LogP contribution in [-0.2, 0) is 4.74 Å². The van der Waals surface area contributed by atoms with Crippen molar-refractivity contribution in [2.75, 3.05) is 13.2 Å². The Balaban J connectivity index is 1.64. The minimum Gasteiger partial charge on any atom is -0.508 e. The van der Waals surface area contributed by atoms with Gasteiger partial charge in [0.15, 0.2) is 0 Å². The molecule has 3 aliphatic rings. The SMILES string of the molecule is Cc1cc(O)cc(O)c1C(=O)OC1CC2(C)C3CC(C)(CO)CC3C=C(CO)C12O. The van der Waals surface area contributed by atoms with Crippen LogP contribution in [0.5, 0.6) is 11.5 Å². The fourth-order valence-electron chi connectivity index (χ4n) is 6.30. The van der Waals surface area contributed by atoms with Crippen LogP contribution in [0, 0.1) is 29.6 Å². The molecule has 0 radical (unpaired) electrons. The van der Waals surface area contributed by atoms with Crippen LogP contribution in [-0.4, -0.2) is 56.4 Å². The molecule has 3 aliphatic carbocycles. The maximum atomic E-state index is 12.8. The Morgan fingerprint density at radius 3 is 2.47 bits per heavy atom. The number of phenolic OH excluding ortho intramolecular Hbond substituents is 2. The highest BCUT2D eigenvalue weighted by Gasteiger charge is 2.72. The van der Waals surface area contributed by atoms with Crippen LogP contribution in [0.2, 0.25) is 0 Å². The lowest BCUT2D eigenvalue weighted by Gasteiger charge is -2.65. The summed E-state index contributed by atoms with van der Waals surface area (Å²) in [6.45, 7) is 5.29. The molecule has 0 aliphatic heterocycles. The van der Waals surface area contributed by atoms with Crippen LogP contribution >= 0.6 is 0 Å². The summed E-state index contributed by atoms with van der Waals surface area (Å²) in [5, 5.41) is 51.2. The van der Waals surface area contributed by atoms with E-state index in [1.165, 1.54) is 6.07 Å². The predicted molar refractivity (Wildman–Crippen MR) is 108 cm³/mol. The summed E-state index contributed by atoms with van der Waals surface area (Å²) in [6, 6.07) is 2.43. The van der Waals surface area contributed by atoms with E-state index in [0.29, 0.717) is 17.6 Å². The van der Waals surface area contributed by atoms with Crippen molar-refractivity contribution >= 4 is 5.97 Å². The number of hydrogen-bond donors (Lipinski definition) is 5. The summed E-state index contributed by atoms with van der Waals surface area (Å²) in [5.41, 5.74) is -1.57. The molecule has 0 heterocycles. The lowest BCUT2D eigenvalue weighted by atomic mass is 9.44. The van der Waals surface area contributed by atoms with Gasteiger partial charge in [-0.05, 0) is 60.6 Å². The van der Waals surface area contributed by atoms with Crippen molar-refractivity contribution in [2.45, 2.75) is 51.7 Å². The number of esters is 1. The Hall–Kier alpha value is -2.09. The van der Waals surface area contributed by atoms with Gasteiger partial charge in [0.25, 0.3) is 0 Å². The van der Waals surface area contributed by atoms with Gasteiger partial charge in [0.05, 0.1) is 6.61 Å². The minimum absolute atomic E-state index is 0.0538. The minimum atomic E-state index is -1.50. The fraction of sp³-hybridized carbons (Fsp3) is 0.609. The third-order valence-electron chi connectivity index (χ3n) is 7.93. The average molecular weight is 418 g/mol. The molecule has 7 nitrogen and oxygen atoms in total. The predicted octanol–water partition coefficient (Wildman–Crippen LogP) is 2.03. The molecule has 4 rings (SSSR count). The number of aliphatic hydroxyl groups is 3. The summed E-state index contributed by atoms with van der Waals surface area (Å²) in [6.07, 6.45) is 3.00. The third-order valence-corrected chi connectivity index (χ3v) is 7.93. The molecule has 2 saturated carbocycles. The highest BCUT2D eigenvalue weighted by atomic mass is 16.6. The van der Waals surface area contributed by atoms with Crippen molar-refractivity contribution in [3.63, 3.8) is 0 Å². The molecule has 1 aromatic rings. The zero-order valence-electron chi connectivity index (χ0n) is 17.6. The van der Waals surface area contributed by atoms with E-state index in [4.69, 9.17) is 4.74 Å². The molecule has 6 unspecified atom stereocenters. The van der Waals surface area contributed by atoms with Crippen LogP contribution in [0.15, 0.2) is 23.8 Å². The molecule has 164 valence electrons. The van der Waals surface area contributed by atoms with Gasteiger partial charge in [0, 0.05) is 18.1 Å². The molecule has 0 saturated heterocycles. The normalized spacial score (nSPS) is 39.5. The topological polar surface area (TPSA) is 127 Å². The second kappa shape index (κ2) is 6.70. The number of aliphatic hydroxyl groups excluding tert-OH is 2. The highest BCUT2D eigenvalue weighted by Crippen LogP contribution is 2.68. The van der Waals surface area contributed by atoms with E-state index >= 15 is 0 Å². The Kier molecular flexibility index (Phi) is 4.73. The van der Waals surface area contributed by atoms with Gasteiger partial charge in [-0.15, -0.1) is 0 Å². The molecule has 5 N–H and O–H groups in total. The Labute approximate surface area is 175 Å². The maximum Gasteiger partial charge on any atom is 0.342 e. The second-order valence-electron chi connectivity index (χ2n) is 9.94. The van der Waals surface area contributed by atoms with Crippen molar-refractivity contribution in [2.24, 2.45) is 22.7 Å². The van der Waals surface area contributed by atoms with E-state index in [1.54, 1.807) is 6.92 Å². The average Bonchev–Trinajstić information content (AvgIpc) is 3.01. The molecule has 2 fully saturated rings. The second-order valence-corrected chi connectivity index (χ2v) is 9.94. The lowest BCUT2D eigenvalue weighted by Crippen LogP contribution is -2.73. The Morgan fingerprint density at radius 2 is 1.87 bits per heavy atom. The molecule has 0 amide bonds. The lowest BCUT2D eigenvalue weighted by molar-refractivity contribution is -0.250. The Morgan fingerprint density at radius 1 is 1.17 bits per heavy atom. The van der Waals surface area contributed by atoms with E-state index in [9.17, 15) is 30.3 Å². The van der Waals surface area contributed by atoms with Gasteiger partial charge in [0.1, 0.15) is 28.8 Å². The van der Waals surface area contributed by atoms with Gasteiger partial charge in [-0.1, -0.05) is 19.9 Å². The number of aryl methyl sites for hydroxylation is 1. The van der Waals surface area contributed by atoms with Crippen LogP contribution < -0.4 is 0 Å². The van der Waals surface area contributed by atoms with Gasteiger partial charge in [0.2, 0.25) is 0 Å². The van der Waals surface area contributed by atoms with Gasteiger partial charge in [-0.2, -0.15) is 0 Å². The number of benzene rings is 1. The van der Waals surface area contributed by atoms with Crippen molar-refractivity contribution in [1.82, 2.24) is 0 Å². The van der Waals surface area contributed by atoms with Crippen LogP contribution in [0.25, 0.3) is 0 Å². The van der Waals surface area contributed by atoms with E-state index in [1.807, 2.05) is 19.9 Å². The molecule has 1 aromatic carbocycles. The van der Waals surface area contributed by atoms with Crippen molar-refractivity contribution in [3.8, 4) is 11.5 Å². The first-order valence-corrected chi connectivity index (χ1v) is 10.4. The number of phenols is 2. The first-order valence-electron chi connectivity index (χ1n) is 10.4. The molecule has 0 bridgehead atoms. The number of ether oxygens (including phenoxy) is 1. The molecule has 7 heteroatoms. The largest absolute Gasteiger partial charge is 0.508 e. The van der Waals surface area contributed by atoms with E-state index in [-0.39, 0.29) is 47.5 Å². The van der Waals surface area contributed by atoms with Gasteiger partial charge < -0.3 is 30.3 Å². The number of rotatable bonds is 4. The van der Waals surface area contributed by atoms with Crippen LogP contribution in [0.4, 0.5) is 0 Å². The van der Waals surface area contributed by atoms with Crippen LogP contribution in [0.1, 0.15) is 49.0 Å². The van der Waals surface area contributed by atoms with E-state index in [0.717, 1.165) is 18.9 Å². The monoisotopic (exact) mass is 418 g/mol. The standard InChI is InChI=1S/C23H30O7/c1-12-4-15(26)6-17(27)19(12)20(28)30-18-9-22(3)16-8-21(2,11-25)7-13(16)5-14(10-24)23(18,22)29/h4-6,13,16,18,24-27,29H,7-11H2,1-3H3. The Bertz CT molecular complexity index is 901. The van der Waals surface area contributed by atoms with Gasteiger partial charge in [-0.25, -0.2) is 4.79 Å². The number of carbonyl (C=O) groups excluding carboxylic acids is 1. The van der Waals surface area contributed by atoms with Crippen molar-refractivity contribution in [3.05, 3.63) is 34.9 Å². The number of carbonyl (C=O) groups is 1. The van der Waals surface area contributed by atoms with Gasteiger partial charge >= 0.3 is 5.97 Å². The van der Waals surface area contributed by atoms with Crippen molar-refractivity contribution in [1.29, 1.82) is 0 Å². The smallest absolute Gasteiger partial charge is 0.342 e. The first-order chi connectivity index (χ1) is 14.0. The van der Waals surface area contributed by atoms with Gasteiger partial charge in [-0.3, -0.25) is 0 Å². The summed E-state index contributed by atoms with van der Waals surface area (Å²) in [5.74, 6) is -1.07. The van der Waals surface area contributed by atoms with E-state index in [2.05, 4.69) is 0 Å². The quantitative estimate of drug-likeness (QED) is 0.374. The molecule has 0 aromatic heterocycles. The number of allylic oxidation sites excluding steroid dienone is 1. The summed E-state index contributed by atoms with van der Waals surface area (Å²) in [7, 11) is 0. The molecular weight excluding hydrogens is 388 g/mol. The summed E-state index contributed by atoms with van der Waals surface area (Å²) in [4.78, 5) is 12.8. The summed E-state index contributed by atoms with van der Waals surface area (Å²) >= 11 is 0. The molecule has 6 atom stereocenters. The molecule has 0 spiro atoms.